The van der Waals surface area contributed by atoms with Gasteiger partial charge in [0.1, 0.15) is 0 Å². The molecule has 0 heterocycles. The molecule has 2 atom stereocenters. The summed E-state index contributed by atoms with van der Waals surface area (Å²) in [7, 11) is 0. The highest BCUT2D eigenvalue weighted by Gasteiger charge is 2.21. The van der Waals surface area contributed by atoms with Crippen LogP contribution in [0.15, 0.2) is 84.0 Å². The summed E-state index contributed by atoms with van der Waals surface area (Å²) in [6.45, 7) is 8.72. The van der Waals surface area contributed by atoms with E-state index in [2.05, 4.69) is 101 Å². The maximum atomic E-state index is 2.40. The van der Waals surface area contributed by atoms with Crippen LogP contribution in [0.4, 0.5) is 0 Å². The first kappa shape index (κ1) is 16.3. The summed E-state index contributed by atoms with van der Waals surface area (Å²) in [5.41, 5.74) is 5.46. The molecule has 0 nitrogen and oxygen atoms in total. The number of benzene rings is 2. The molecule has 0 bridgehead atoms. The largest absolute Gasteiger partial charge is 0.0798 e. The molecule has 0 aliphatic rings. The van der Waals surface area contributed by atoms with E-state index in [-0.39, 0.29) is 0 Å². The first-order valence-electron chi connectivity index (χ1n) is 7.98. The van der Waals surface area contributed by atoms with Crippen LogP contribution in [0.2, 0.25) is 0 Å². The highest BCUT2D eigenvalue weighted by Crippen LogP contribution is 2.36. The molecule has 0 heteroatoms. The van der Waals surface area contributed by atoms with Crippen LogP contribution in [-0.4, -0.2) is 0 Å². The Morgan fingerprint density at radius 2 is 0.909 bits per heavy atom. The summed E-state index contributed by atoms with van der Waals surface area (Å²) in [6.07, 6.45) is 4.79. The number of hydrogen-bond donors (Lipinski definition) is 0. The molecule has 0 saturated heterocycles. The summed E-state index contributed by atoms with van der Waals surface area (Å²) < 4.78 is 0. The van der Waals surface area contributed by atoms with Crippen molar-refractivity contribution in [2.45, 2.75) is 39.5 Å². The summed E-state index contributed by atoms with van der Waals surface area (Å²) in [4.78, 5) is 0. The van der Waals surface area contributed by atoms with Crippen molar-refractivity contribution in [3.8, 4) is 0 Å². The van der Waals surface area contributed by atoms with Gasteiger partial charge in [0.05, 0.1) is 0 Å². The van der Waals surface area contributed by atoms with E-state index in [0.717, 1.165) is 0 Å². The highest BCUT2D eigenvalue weighted by atomic mass is 14.2. The lowest BCUT2D eigenvalue weighted by molar-refractivity contribution is 0.727. The van der Waals surface area contributed by atoms with E-state index < -0.39 is 0 Å². The van der Waals surface area contributed by atoms with Gasteiger partial charge >= 0.3 is 0 Å². The van der Waals surface area contributed by atoms with Gasteiger partial charge in [-0.15, -0.1) is 0 Å². The first-order chi connectivity index (χ1) is 10.6. The zero-order valence-electron chi connectivity index (χ0n) is 14.1. The Balaban J connectivity index is 2.54. The van der Waals surface area contributed by atoms with Crippen molar-refractivity contribution in [1.29, 1.82) is 0 Å². The minimum atomic E-state index is 0.364. The average molecular weight is 290 g/mol. The first-order valence-corrected chi connectivity index (χ1v) is 7.98. The van der Waals surface area contributed by atoms with E-state index in [0.29, 0.717) is 11.8 Å². The van der Waals surface area contributed by atoms with Crippen LogP contribution in [0.5, 0.6) is 0 Å². The molecule has 0 aromatic heterocycles. The van der Waals surface area contributed by atoms with E-state index in [1.165, 1.54) is 22.3 Å². The molecule has 0 amide bonds. The van der Waals surface area contributed by atoms with Crippen LogP contribution in [0.3, 0.4) is 0 Å². The molecule has 2 unspecified atom stereocenters. The van der Waals surface area contributed by atoms with Gasteiger partial charge in [0.2, 0.25) is 0 Å². The lowest BCUT2D eigenvalue weighted by Gasteiger charge is -2.24. The van der Waals surface area contributed by atoms with Crippen molar-refractivity contribution in [1.82, 2.24) is 0 Å². The molecule has 0 fully saturated rings. The Hall–Kier alpha value is -2.08. The normalized spacial score (nSPS) is 13.1. The second-order valence-electron chi connectivity index (χ2n) is 6.36. The van der Waals surface area contributed by atoms with E-state index in [1.54, 1.807) is 0 Å². The van der Waals surface area contributed by atoms with E-state index in [1.807, 2.05) is 0 Å². The maximum absolute atomic E-state index is 2.40. The van der Waals surface area contributed by atoms with Gasteiger partial charge in [-0.2, -0.15) is 0 Å². The lowest BCUT2D eigenvalue weighted by Crippen LogP contribution is -2.08. The lowest BCUT2D eigenvalue weighted by atomic mass is 9.79. The number of rotatable bonds is 5. The van der Waals surface area contributed by atoms with E-state index in [4.69, 9.17) is 0 Å². The monoisotopic (exact) mass is 290 g/mol. The van der Waals surface area contributed by atoms with Gasteiger partial charge in [-0.05, 0) is 38.8 Å². The van der Waals surface area contributed by atoms with Crippen LogP contribution >= 0.6 is 0 Å². The molecule has 0 N–H and O–H groups in total. The third kappa shape index (κ3) is 4.46. The minimum absolute atomic E-state index is 0.364. The maximum Gasteiger partial charge on any atom is 0.0124 e. The molecule has 2 aromatic carbocycles. The second kappa shape index (κ2) is 7.79. The zero-order valence-corrected chi connectivity index (χ0v) is 14.1. The third-order valence-corrected chi connectivity index (χ3v) is 3.78. The van der Waals surface area contributed by atoms with Crippen molar-refractivity contribution in [3.05, 3.63) is 95.1 Å². The van der Waals surface area contributed by atoms with Crippen molar-refractivity contribution >= 4 is 0 Å². The molecule has 0 spiro atoms. The van der Waals surface area contributed by atoms with Crippen LogP contribution in [0, 0.1) is 0 Å². The fourth-order valence-electron chi connectivity index (χ4n) is 2.88. The predicted octanol–water partition coefficient (Wildman–Crippen LogP) is 6.49. The van der Waals surface area contributed by atoms with E-state index >= 15 is 0 Å². The molecule has 2 aromatic rings. The molecule has 22 heavy (non-hydrogen) atoms. The molecular formula is C22H26. The van der Waals surface area contributed by atoms with Gasteiger partial charge < -0.3 is 0 Å². The Bertz CT molecular complexity index is 565. The molecule has 0 saturated carbocycles. The van der Waals surface area contributed by atoms with Gasteiger partial charge in [-0.3, -0.25) is 0 Å². The van der Waals surface area contributed by atoms with Crippen LogP contribution in [0.25, 0.3) is 0 Å². The Labute approximate surface area is 135 Å². The topological polar surface area (TPSA) is 0 Å². The molecule has 0 aliphatic carbocycles. The molecule has 114 valence electrons. The highest BCUT2D eigenvalue weighted by molar-refractivity contribution is 5.36. The SMILES string of the molecule is CC(C)=CC(c1ccccc1)C(C=C(C)C)c1ccccc1. The molecular weight excluding hydrogens is 264 g/mol. The molecule has 2 rings (SSSR count). The Kier molecular flexibility index (Phi) is 5.77. The smallest absolute Gasteiger partial charge is 0.0124 e. The average Bonchev–Trinajstić information content (AvgIpc) is 2.52. The van der Waals surface area contributed by atoms with Crippen LogP contribution < -0.4 is 0 Å². The van der Waals surface area contributed by atoms with Gasteiger partial charge in [-0.1, -0.05) is 84.0 Å². The van der Waals surface area contributed by atoms with E-state index in [9.17, 15) is 0 Å². The Morgan fingerprint density at radius 1 is 0.591 bits per heavy atom. The van der Waals surface area contributed by atoms with Crippen LogP contribution in [0.1, 0.15) is 50.7 Å². The number of hydrogen-bond acceptors (Lipinski definition) is 0. The standard InChI is InChI=1S/C22H26/c1-17(2)15-21(19-11-7-5-8-12-19)22(16-18(3)4)20-13-9-6-10-14-20/h5-16,21-22H,1-4H3. The van der Waals surface area contributed by atoms with Gasteiger partial charge in [0.25, 0.3) is 0 Å². The van der Waals surface area contributed by atoms with Gasteiger partial charge in [0.15, 0.2) is 0 Å². The fraction of sp³-hybridized carbons (Fsp3) is 0.273. The van der Waals surface area contributed by atoms with Crippen molar-refractivity contribution in [3.63, 3.8) is 0 Å². The predicted molar refractivity (Wildman–Crippen MR) is 97.2 cm³/mol. The Morgan fingerprint density at radius 3 is 1.18 bits per heavy atom. The molecule has 0 aliphatic heterocycles. The summed E-state index contributed by atoms with van der Waals surface area (Å²) in [5.74, 6) is 0.729. The quantitative estimate of drug-likeness (QED) is 0.552. The van der Waals surface area contributed by atoms with Crippen molar-refractivity contribution in [2.75, 3.05) is 0 Å². The van der Waals surface area contributed by atoms with Crippen LogP contribution in [-0.2, 0) is 0 Å². The fourth-order valence-corrected chi connectivity index (χ4v) is 2.88. The van der Waals surface area contributed by atoms with Gasteiger partial charge in [0, 0.05) is 11.8 Å². The summed E-state index contributed by atoms with van der Waals surface area (Å²) in [5, 5.41) is 0. The minimum Gasteiger partial charge on any atom is -0.0798 e. The molecule has 0 radical (unpaired) electrons. The number of allylic oxidation sites excluding steroid dienone is 4. The summed E-state index contributed by atoms with van der Waals surface area (Å²) >= 11 is 0. The van der Waals surface area contributed by atoms with Crippen molar-refractivity contribution < 1.29 is 0 Å². The zero-order chi connectivity index (χ0) is 15.9. The van der Waals surface area contributed by atoms with Gasteiger partial charge in [-0.25, -0.2) is 0 Å². The summed E-state index contributed by atoms with van der Waals surface area (Å²) in [6, 6.07) is 21.6. The third-order valence-electron chi connectivity index (χ3n) is 3.78. The second-order valence-corrected chi connectivity index (χ2v) is 6.36. The van der Waals surface area contributed by atoms with Crippen molar-refractivity contribution in [2.24, 2.45) is 0 Å².